The monoisotopic (exact) mass is 276 g/mol. The summed E-state index contributed by atoms with van der Waals surface area (Å²) in [6, 6.07) is 9.66. The van der Waals surface area contributed by atoms with Crippen LogP contribution in [0.4, 0.5) is 0 Å². The number of rotatable bonds is 2. The molecule has 0 saturated carbocycles. The molecule has 3 rings (SSSR count). The van der Waals surface area contributed by atoms with E-state index < -0.39 is 0 Å². The summed E-state index contributed by atoms with van der Waals surface area (Å²) in [4.78, 5) is 18.5. The first-order valence-corrected chi connectivity index (χ1v) is 7.45. The Morgan fingerprint density at radius 1 is 1.37 bits per heavy atom. The smallest absolute Gasteiger partial charge is 0.248 e. The molecule has 1 fully saturated rings. The predicted octanol–water partition coefficient (Wildman–Crippen LogP) is 1.14. The van der Waals surface area contributed by atoms with E-state index in [0.717, 1.165) is 10.6 Å². The number of β-amino-alcohol motifs (C(OH)–C–C–N with tert-alkyl or cyclic N) is 1. The molecule has 2 unspecified atom stereocenters. The largest absolute Gasteiger partial charge is 0.391 e. The van der Waals surface area contributed by atoms with Crippen molar-refractivity contribution in [1.82, 2.24) is 4.90 Å². The Bertz CT molecular complexity index is 503. The highest BCUT2D eigenvalue weighted by atomic mass is 32.2. The molecule has 2 aliphatic heterocycles. The van der Waals surface area contributed by atoms with Crippen molar-refractivity contribution in [2.75, 3.05) is 18.8 Å². The lowest BCUT2D eigenvalue weighted by Gasteiger charge is -2.17. The minimum absolute atomic E-state index is 0.0509. The maximum atomic E-state index is 12.3. The molecule has 1 saturated heterocycles. The normalized spacial score (nSPS) is 26.6. The Morgan fingerprint density at radius 3 is 2.84 bits per heavy atom. The third-order valence-electron chi connectivity index (χ3n) is 3.43. The molecule has 1 amide bonds. The molecule has 1 aromatic carbocycles. The Hall–Kier alpha value is -1.33. The number of aliphatic imine (C=N–C) groups is 1. The van der Waals surface area contributed by atoms with Crippen molar-refractivity contribution in [3.05, 3.63) is 35.9 Å². The maximum Gasteiger partial charge on any atom is 0.248 e. The topological polar surface area (TPSA) is 52.9 Å². The van der Waals surface area contributed by atoms with Gasteiger partial charge in [-0.05, 0) is 6.42 Å². The first-order chi connectivity index (χ1) is 9.24. The van der Waals surface area contributed by atoms with E-state index in [4.69, 9.17) is 0 Å². The van der Waals surface area contributed by atoms with Crippen LogP contribution >= 0.6 is 11.8 Å². The number of likely N-dealkylation sites (tertiary alicyclic amines) is 1. The second-order valence-electron chi connectivity index (χ2n) is 4.85. The van der Waals surface area contributed by atoms with Crippen molar-refractivity contribution in [3.8, 4) is 0 Å². The molecular formula is C14H16N2O2S. The number of aliphatic hydroxyl groups excluding tert-OH is 1. The van der Waals surface area contributed by atoms with Gasteiger partial charge in [-0.2, -0.15) is 0 Å². The summed E-state index contributed by atoms with van der Waals surface area (Å²) in [6.45, 7) is 1.10. The molecule has 2 aliphatic rings. The molecule has 1 aromatic rings. The zero-order valence-corrected chi connectivity index (χ0v) is 11.3. The molecule has 19 heavy (non-hydrogen) atoms. The van der Waals surface area contributed by atoms with Gasteiger partial charge in [0.15, 0.2) is 0 Å². The molecule has 0 radical (unpaired) electrons. The first-order valence-electron chi connectivity index (χ1n) is 6.47. The minimum Gasteiger partial charge on any atom is -0.391 e. The van der Waals surface area contributed by atoms with Crippen LogP contribution < -0.4 is 0 Å². The number of amides is 1. The average Bonchev–Trinajstić information content (AvgIpc) is 3.08. The molecule has 0 spiro atoms. The molecule has 5 heteroatoms. The molecule has 2 atom stereocenters. The van der Waals surface area contributed by atoms with Crippen LogP contribution in [0.1, 0.15) is 12.0 Å². The van der Waals surface area contributed by atoms with E-state index >= 15 is 0 Å². The molecule has 0 aromatic heterocycles. The molecule has 1 N–H and O–H groups in total. The van der Waals surface area contributed by atoms with E-state index in [-0.39, 0.29) is 18.1 Å². The summed E-state index contributed by atoms with van der Waals surface area (Å²) >= 11 is 1.63. The Morgan fingerprint density at radius 2 is 2.16 bits per heavy atom. The van der Waals surface area contributed by atoms with Crippen LogP contribution in [0.5, 0.6) is 0 Å². The van der Waals surface area contributed by atoms with Gasteiger partial charge >= 0.3 is 0 Å². The highest BCUT2D eigenvalue weighted by Crippen LogP contribution is 2.25. The number of hydrogen-bond donors (Lipinski definition) is 1. The zero-order valence-electron chi connectivity index (χ0n) is 10.5. The number of nitrogens with zero attached hydrogens (tertiary/aromatic N) is 2. The number of carbonyl (C=O) groups is 1. The van der Waals surface area contributed by atoms with Crippen LogP contribution in [0.2, 0.25) is 0 Å². The number of carbonyl (C=O) groups excluding carboxylic acids is 1. The highest BCUT2D eigenvalue weighted by molar-refractivity contribution is 8.14. The Balaban J connectivity index is 1.71. The van der Waals surface area contributed by atoms with E-state index in [2.05, 4.69) is 4.99 Å². The number of aliphatic hydroxyl groups is 1. The SMILES string of the molecule is O=C(C1CSC(c2ccccc2)=N1)N1CCC(O)C1. The van der Waals surface area contributed by atoms with E-state index in [9.17, 15) is 9.90 Å². The van der Waals surface area contributed by atoms with Gasteiger partial charge in [0.1, 0.15) is 6.04 Å². The van der Waals surface area contributed by atoms with Gasteiger partial charge < -0.3 is 10.0 Å². The quantitative estimate of drug-likeness (QED) is 0.881. The second-order valence-corrected chi connectivity index (χ2v) is 5.86. The van der Waals surface area contributed by atoms with Crippen molar-refractivity contribution in [1.29, 1.82) is 0 Å². The standard InChI is InChI=1S/C14H16N2O2S/c17-11-6-7-16(8-11)14(18)12-9-19-13(15-12)10-4-2-1-3-5-10/h1-5,11-12,17H,6-9H2. The lowest BCUT2D eigenvalue weighted by molar-refractivity contribution is -0.131. The van der Waals surface area contributed by atoms with Gasteiger partial charge in [0.2, 0.25) is 5.91 Å². The molecule has 100 valence electrons. The van der Waals surface area contributed by atoms with E-state index in [1.54, 1.807) is 16.7 Å². The Labute approximate surface area is 116 Å². The summed E-state index contributed by atoms with van der Waals surface area (Å²) in [6.07, 6.45) is 0.316. The Kier molecular flexibility index (Phi) is 3.57. The lowest BCUT2D eigenvalue weighted by Crippen LogP contribution is -2.37. The van der Waals surface area contributed by atoms with Crippen molar-refractivity contribution >= 4 is 22.7 Å². The fourth-order valence-electron chi connectivity index (χ4n) is 2.39. The van der Waals surface area contributed by atoms with E-state index in [1.807, 2.05) is 30.3 Å². The fraction of sp³-hybridized carbons (Fsp3) is 0.429. The van der Waals surface area contributed by atoms with Gasteiger partial charge in [-0.3, -0.25) is 9.79 Å². The van der Waals surface area contributed by atoms with Crippen LogP contribution in [0.25, 0.3) is 0 Å². The summed E-state index contributed by atoms with van der Waals surface area (Å²) < 4.78 is 0. The van der Waals surface area contributed by atoms with Gasteiger partial charge in [-0.1, -0.05) is 30.3 Å². The van der Waals surface area contributed by atoms with Gasteiger partial charge in [-0.25, -0.2) is 0 Å². The van der Waals surface area contributed by atoms with Crippen molar-refractivity contribution in [2.45, 2.75) is 18.6 Å². The predicted molar refractivity (Wildman–Crippen MR) is 76.4 cm³/mol. The number of thioether (sulfide) groups is 1. The summed E-state index contributed by atoms with van der Waals surface area (Å²) in [5.41, 5.74) is 1.07. The van der Waals surface area contributed by atoms with E-state index in [0.29, 0.717) is 25.3 Å². The van der Waals surface area contributed by atoms with Crippen LogP contribution in [0.15, 0.2) is 35.3 Å². The van der Waals surface area contributed by atoms with Crippen molar-refractivity contribution < 1.29 is 9.90 Å². The molecule has 0 bridgehead atoms. The summed E-state index contributed by atoms with van der Waals surface area (Å²) in [5.74, 6) is 0.755. The zero-order chi connectivity index (χ0) is 13.2. The third-order valence-corrected chi connectivity index (χ3v) is 4.53. The fourth-order valence-corrected chi connectivity index (χ4v) is 3.43. The van der Waals surface area contributed by atoms with Crippen molar-refractivity contribution in [3.63, 3.8) is 0 Å². The minimum atomic E-state index is -0.365. The lowest BCUT2D eigenvalue weighted by atomic mass is 10.2. The maximum absolute atomic E-state index is 12.3. The summed E-state index contributed by atoms with van der Waals surface area (Å²) in [7, 11) is 0. The van der Waals surface area contributed by atoms with Gasteiger partial charge in [0.05, 0.1) is 11.1 Å². The van der Waals surface area contributed by atoms with E-state index in [1.165, 1.54) is 0 Å². The second kappa shape index (κ2) is 5.35. The van der Waals surface area contributed by atoms with Gasteiger partial charge in [0, 0.05) is 24.4 Å². The average molecular weight is 276 g/mol. The summed E-state index contributed by atoms with van der Waals surface area (Å²) in [5, 5.41) is 10.4. The number of hydrogen-bond acceptors (Lipinski definition) is 4. The number of benzene rings is 1. The van der Waals surface area contributed by atoms with Gasteiger partial charge in [-0.15, -0.1) is 11.8 Å². The molecule has 2 heterocycles. The van der Waals surface area contributed by atoms with Crippen LogP contribution in [-0.2, 0) is 4.79 Å². The first kappa shape index (κ1) is 12.7. The molecular weight excluding hydrogens is 260 g/mol. The van der Waals surface area contributed by atoms with Crippen LogP contribution in [0, 0.1) is 0 Å². The van der Waals surface area contributed by atoms with Gasteiger partial charge in [0.25, 0.3) is 0 Å². The van der Waals surface area contributed by atoms with Crippen LogP contribution in [-0.4, -0.2) is 51.9 Å². The molecule has 0 aliphatic carbocycles. The highest BCUT2D eigenvalue weighted by Gasteiger charge is 2.32. The third kappa shape index (κ3) is 2.67. The molecule has 4 nitrogen and oxygen atoms in total. The van der Waals surface area contributed by atoms with Crippen molar-refractivity contribution in [2.24, 2.45) is 4.99 Å². The van der Waals surface area contributed by atoms with Crippen LogP contribution in [0.3, 0.4) is 0 Å².